The average Bonchev–Trinajstić information content (AvgIpc) is 2.28. The summed E-state index contributed by atoms with van der Waals surface area (Å²) >= 11 is 0. The molecule has 0 unspecified atom stereocenters. The van der Waals surface area contributed by atoms with Crippen LogP contribution in [-0.4, -0.2) is 18.0 Å². The molecule has 2 aromatic rings. The number of halogens is 2. The first-order valence-corrected chi connectivity index (χ1v) is 4.72. The van der Waals surface area contributed by atoms with Crippen molar-refractivity contribution in [2.24, 2.45) is 0 Å². The monoisotopic (exact) mass is 224 g/mol. The minimum atomic E-state index is -2.50. The fourth-order valence-electron chi connectivity index (χ4n) is 1.45. The normalized spacial score (nSPS) is 10.9. The molecule has 2 rings (SSSR count). The highest BCUT2D eigenvalue weighted by Crippen LogP contribution is 2.28. The molecule has 0 spiro atoms. The van der Waals surface area contributed by atoms with Crippen LogP contribution in [0.3, 0.4) is 0 Å². The van der Waals surface area contributed by atoms with Gasteiger partial charge in [0.05, 0.1) is 11.2 Å². The van der Waals surface area contributed by atoms with Gasteiger partial charge in [-0.15, -0.1) is 0 Å². The van der Waals surface area contributed by atoms with E-state index in [0.29, 0.717) is 22.3 Å². The summed E-state index contributed by atoms with van der Waals surface area (Å²) in [4.78, 5) is 4.08. The van der Waals surface area contributed by atoms with Crippen molar-refractivity contribution in [1.29, 1.82) is 0 Å². The number of anilines is 1. The number of pyridine rings is 1. The molecule has 0 saturated heterocycles. The molecule has 1 heterocycles. The second-order valence-electron chi connectivity index (χ2n) is 3.25. The average molecular weight is 224 g/mol. The minimum Gasteiger partial charge on any atom is -0.487 e. The van der Waals surface area contributed by atoms with Crippen molar-refractivity contribution in [1.82, 2.24) is 4.98 Å². The van der Waals surface area contributed by atoms with E-state index < -0.39 is 13.0 Å². The van der Waals surface area contributed by atoms with E-state index in [1.54, 1.807) is 30.5 Å². The maximum absolute atomic E-state index is 12.0. The van der Waals surface area contributed by atoms with E-state index in [2.05, 4.69) is 4.98 Å². The third-order valence-corrected chi connectivity index (χ3v) is 2.13. The summed E-state index contributed by atoms with van der Waals surface area (Å²) in [5, 5.41) is 0.642. The van der Waals surface area contributed by atoms with Gasteiger partial charge in [0, 0.05) is 11.6 Å². The third-order valence-electron chi connectivity index (χ3n) is 2.13. The summed E-state index contributed by atoms with van der Waals surface area (Å²) in [6.07, 6.45) is -0.903. The zero-order chi connectivity index (χ0) is 11.5. The molecule has 0 aliphatic carbocycles. The lowest BCUT2D eigenvalue weighted by molar-refractivity contribution is 0.0827. The van der Waals surface area contributed by atoms with Crippen LogP contribution >= 0.6 is 0 Å². The molecule has 2 N–H and O–H groups in total. The number of aromatic nitrogens is 1. The maximum Gasteiger partial charge on any atom is 0.272 e. The van der Waals surface area contributed by atoms with Crippen molar-refractivity contribution in [2.75, 3.05) is 12.3 Å². The minimum absolute atomic E-state index is 0.373. The summed E-state index contributed by atoms with van der Waals surface area (Å²) in [7, 11) is 0. The van der Waals surface area contributed by atoms with Gasteiger partial charge in [-0.1, -0.05) is 0 Å². The second kappa shape index (κ2) is 4.30. The molecule has 5 heteroatoms. The van der Waals surface area contributed by atoms with E-state index in [9.17, 15) is 8.78 Å². The van der Waals surface area contributed by atoms with Gasteiger partial charge in [-0.05, 0) is 24.3 Å². The van der Waals surface area contributed by atoms with Crippen molar-refractivity contribution >= 4 is 16.6 Å². The number of hydrogen-bond acceptors (Lipinski definition) is 3. The molecular weight excluding hydrogens is 214 g/mol. The van der Waals surface area contributed by atoms with Crippen LogP contribution in [-0.2, 0) is 0 Å². The number of fused-ring (bicyclic) bond motifs is 1. The number of ether oxygens (including phenoxy) is 1. The van der Waals surface area contributed by atoms with Gasteiger partial charge >= 0.3 is 0 Å². The highest BCUT2D eigenvalue weighted by molar-refractivity contribution is 5.93. The Morgan fingerprint density at radius 1 is 1.31 bits per heavy atom. The van der Waals surface area contributed by atoms with Gasteiger partial charge in [-0.25, -0.2) is 8.78 Å². The van der Waals surface area contributed by atoms with Crippen LogP contribution in [0.25, 0.3) is 10.9 Å². The van der Waals surface area contributed by atoms with Crippen LogP contribution in [0.15, 0.2) is 30.5 Å². The topological polar surface area (TPSA) is 48.1 Å². The van der Waals surface area contributed by atoms with E-state index in [1.807, 2.05) is 0 Å². The fraction of sp³-hybridized carbons (Fsp3) is 0.182. The van der Waals surface area contributed by atoms with Crippen molar-refractivity contribution in [3.05, 3.63) is 30.5 Å². The molecule has 1 aromatic carbocycles. The SMILES string of the molecule is Nc1ccc(OCC(F)F)c2cccnc12. The van der Waals surface area contributed by atoms with Crippen molar-refractivity contribution in [3.8, 4) is 5.75 Å². The predicted molar refractivity (Wildman–Crippen MR) is 57.7 cm³/mol. The number of nitrogen functional groups attached to an aromatic ring is 1. The van der Waals surface area contributed by atoms with E-state index in [1.165, 1.54) is 0 Å². The molecular formula is C11H10F2N2O. The number of benzene rings is 1. The second-order valence-corrected chi connectivity index (χ2v) is 3.25. The van der Waals surface area contributed by atoms with Gasteiger partial charge in [0.2, 0.25) is 0 Å². The Bertz CT molecular complexity index is 502. The molecule has 0 saturated carbocycles. The summed E-state index contributed by atoms with van der Waals surface area (Å²) in [5.41, 5.74) is 6.78. The third kappa shape index (κ3) is 2.03. The van der Waals surface area contributed by atoms with Crippen LogP contribution in [0.1, 0.15) is 0 Å². The van der Waals surface area contributed by atoms with Gasteiger partial charge < -0.3 is 10.5 Å². The molecule has 0 atom stereocenters. The number of rotatable bonds is 3. The van der Waals surface area contributed by atoms with Crippen LogP contribution < -0.4 is 10.5 Å². The molecule has 0 aliphatic rings. The van der Waals surface area contributed by atoms with Crippen LogP contribution in [0.2, 0.25) is 0 Å². The summed E-state index contributed by atoms with van der Waals surface area (Å²) in [5.74, 6) is 0.373. The predicted octanol–water partition coefficient (Wildman–Crippen LogP) is 2.46. The number of alkyl halides is 2. The fourth-order valence-corrected chi connectivity index (χ4v) is 1.45. The Labute approximate surface area is 90.8 Å². The molecule has 1 aromatic heterocycles. The van der Waals surface area contributed by atoms with E-state index in [-0.39, 0.29) is 0 Å². The summed E-state index contributed by atoms with van der Waals surface area (Å²) in [6.45, 7) is -0.631. The Morgan fingerprint density at radius 2 is 2.12 bits per heavy atom. The Morgan fingerprint density at radius 3 is 2.88 bits per heavy atom. The molecule has 0 amide bonds. The van der Waals surface area contributed by atoms with Crippen LogP contribution in [0.4, 0.5) is 14.5 Å². The van der Waals surface area contributed by atoms with Gasteiger partial charge in [0.15, 0.2) is 0 Å². The lowest BCUT2D eigenvalue weighted by atomic mass is 10.2. The highest BCUT2D eigenvalue weighted by atomic mass is 19.3. The van der Waals surface area contributed by atoms with E-state index in [4.69, 9.17) is 10.5 Å². The molecule has 0 radical (unpaired) electrons. The van der Waals surface area contributed by atoms with Gasteiger partial charge in [-0.2, -0.15) is 0 Å². The largest absolute Gasteiger partial charge is 0.487 e. The number of nitrogens with two attached hydrogens (primary N) is 1. The molecule has 3 nitrogen and oxygen atoms in total. The standard InChI is InChI=1S/C11H10F2N2O/c12-10(13)6-16-9-4-3-8(14)11-7(9)2-1-5-15-11/h1-5,10H,6,14H2. The Hall–Kier alpha value is -1.91. The van der Waals surface area contributed by atoms with E-state index >= 15 is 0 Å². The maximum atomic E-state index is 12.0. The lowest BCUT2D eigenvalue weighted by Crippen LogP contribution is -2.07. The van der Waals surface area contributed by atoms with Crippen LogP contribution in [0.5, 0.6) is 5.75 Å². The van der Waals surface area contributed by atoms with Gasteiger partial charge in [-0.3, -0.25) is 4.98 Å². The molecule has 0 bridgehead atoms. The van der Waals surface area contributed by atoms with Gasteiger partial charge in [0.1, 0.15) is 12.4 Å². The Balaban J connectivity index is 2.42. The first kappa shape index (κ1) is 10.6. The first-order valence-electron chi connectivity index (χ1n) is 4.72. The van der Waals surface area contributed by atoms with Crippen molar-refractivity contribution in [2.45, 2.75) is 6.43 Å². The first-order chi connectivity index (χ1) is 7.68. The Kier molecular flexibility index (Phi) is 2.85. The smallest absolute Gasteiger partial charge is 0.272 e. The number of hydrogen-bond donors (Lipinski definition) is 1. The molecule has 84 valence electrons. The zero-order valence-corrected chi connectivity index (χ0v) is 8.36. The number of nitrogens with zero attached hydrogens (tertiary/aromatic N) is 1. The van der Waals surface area contributed by atoms with E-state index in [0.717, 1.165) is 0 Å². The lowest BCUT2D eigenvalue weighted by Gasteiger charge is -2.09. The van der Waals surface area contributed by atoms with Crippen LogP contribution in [0, 0.1) is 0 Å². The highest BCUT2D eigenvalue weighted by Gasteiger charge is 2.08. The van der Waals surface area contributed by atoms with Crippen molar-refractivity contribution < 1.29 is 13.5 Å². The zero-order valence-electron chi connectivity index (χ0n) is 8.36. The van der Waals surface area contributed by atoms with Gasteiger partial charge in [0.25, 0.3) is 6.43 Å². The molecule has 0 aliphatic heterocycles. The summed E-state index contributed by atoms with van der Waals surface area (Å²) in [6, 6.07) is 6.61. The quantitative estimate of drug-likeness (QED) is 0.814. The summed E-state index contributed by atoms with van der Waals surface area (Å²) < 4.78 is 29.1. The van der Waals surface area contributed by atoms with Crippen molar-refractivity contribution in [3.63, 3.8) is 0 Å². The molecule has 16 heavy (non-hydrogen) atoms. The molecule has 0 fully saturated rings.